The van der Waals surface area contributed by atoms with Crippen molar-refractivity contribution < 1.29 is 33.8 Å². The standard InChI is InChI=1S/C11H16N2O7/c1-19-10(17)6-8(15)12-2-3-13-9(16)7-11(18)20-5-4-14/h4-5,14H,2-3,6-7H2,1H3,(H,12,15)(H,13,16)/b5-4-. The molecule has 0 aliphatic heterocycles. The van der Waals surface area contributed by atoms with Gasteiger partial charge in [-0.15, -0.1) is 0 Å². The molecule has 0 radical (unpaired) electrons. The molecule has 3 N–H and O–H groups in total. The van der Waals surface area contributed by atoms with E-state index in [0.29, 0.717) is 6.26 Å². The molecule has 0 rings (SSSR count). The number of aliphatic hydroxyl groups excluding tert-OH is 1. The van der Waals surface area contributed by atoms with Gasteiger partial charge in [0.2, 0.25) is 11.8 Å². The molecule has 0 aromatic carbocycles. The Morgan fingerprint density at radius 3 is 1.95 bits per heavy atom. The molecule has 2 amide bonds. The molecule has 9 nitrogen and oxygen atoms in total. The van der Waals surface area contributed by atoms with Gasteiger partial charge in [-0.05, 0) is 0 Å². The van der Waals surface area contributed by atoms with Crippen LogP contribution in [0.25, 0.3) is 0 Å². The van der Waals surface area contributed by atoms with Crippen LogP contribution >= 0.6 is 0 Å². The van der Waals surface area contributed by atoms with Gasteiger partial charge in [-0.25, -0.2) is 0 Å². The number of carbonyl (C=O) groups is 4. The summed E-state index contributed by atoms with van der Waals surface area (Å²) in [6.45, 7) is 0.196. The first kappa shape index (κ1) is 17.4. The van der Waals surface area contributed by atoms with E-state index >= 15 is 0 Å². The Balaban J connectivity index is 3.69. The maximum Gasteiger partial charge on any atom is 0.320 e. The number of carbonyl (C=O) groups excluding carboxylic acids is 4. The number of aliphatic hydroxyl groups is 1. The lowest BCUT2D eigenvalue weighted by Crippen LogP contribution is -2.36. The maximum atomic E-state index is 11.2. The lowest BCUT2D eigenvalue weighted by Gasteiger charge is -2.06. The van der Waals surface area contributed by atoms with Gasteiger partial charge < -0.3 is 25.2 Å². The molecule has 0 spiro atoms. The number of hydrogen-bond donors (Lipinski definition) is 3. The quantitative estimate of drug-likeness (QED) is 0.220. The zero-order chi connectivity index (χ0) is 15.4. The lowest BCUT2D eigenvalue weighted by atomic mass is 10.4. The number of esters is 2. The van der Waals surface area contributed by atoms with E-state index in [2.05, 4.69) is 20.1 Å². The molecule has 0 aromatic rings. The highest BCUT2D eigenvalue weighted by atomic mass is 16.5. The SMILES string of the molecule is COC(=O)CC(=O)NCCNC(=O)CC(=O)O/C=C\O. The fourth-order valence-corrected chi connectivity index (χ4v) is 1.01. The normalized spacial score (nSPS) is 9.85. The molecule has 0 heterocycles. The van der Waals surface area contributed by atoms with E-state index in [4.69, 9.17) is 5.11 Å². The summed E-state index contributed by atoms with van der Waals surface area (Å²) in [7, 11) is 1.17. The maximum absolute atomic E-state index is 11.2. The predicted octanol–water partition coefficient (Wildman–Crippen LogP) is -1.26. The minimum absolute atomic E-state index is 0.0921. The third kappa shape index (κ3) is 9.45. The average molecular weight is 288 g/mol. The summed E-state index contributed by atoms with van der Waals surface area (Å²) in [4.78, 5) is 44.0. The smallest absolute Gasteiger partial charge is 0.320 e. The highest BCUT2D eigenvalue weighted by Crippen LogP contribution is 1.87. The summed E-state index contributed by atoms with van der Waals surface area (Å²) >= 11 is 0. The molecule has 0 aromatic heterocycles. The molecule has 0 aliphatic carbocycles. The van der Waals surface area contributed by atoms with E-state index in [-0.39, 0.29) is 13.1 Å². The minimum Gasteiger partial charge on any atom is -0.512 e. The molecule has 0 unspecified atom stereocenters. The first-order valence-corrected chi connectivity index (χ1v) is 5.58. The first-order chi connectivity index (χ1) is 9.49. The second-order valence-corrected chi connectivity index (χ2v) is 3.40. The van der Waals surface area contributed by atoms with E-state index in [1.807, 2.05) is 0 Å². The molecule has 0 fully saturated rings. The fourth-order valence-electron chi connectivity index (χ4n) is 1.01. The van der Waals surface area contributed by atoms with Gasteiger partial charge in [-0.3, -0.25) is 19.2 Å². The average Bonchev–Trinajstić information content (AvgIpc) is 2.41. The Kier molecular flexibility index (Phi) is 9.02. The summed E-state index contributed by atoms with van der Waals surface area (Å²) in [5.41, 5.74) is 0. The Bertz CT molecular complexity index is 392. The highest BCUT2D eigenvalue weighted by Gasteiger charge is 2.10. The Labute approximate surface area is 114 Å². The van der Waals surface area contributed by atoms with Gasteiger partial charge in [0.25, 0.3) is 0 Å². The molecular formula is C11H16N2O7. The molecule has 0 aliphatic rings. The zero-order valence-electron chi connectivity index (χ0n) is 10.9. The number of hydrogen-bond acceptors (Lipinski definition) is 7. The molecule has 0 saturated heterocycles. The van der Waals surface area contributed by atoms with Gasteiger partial charge in [0.05, 0.1) is 7.11 Å². The first-order valence-electron chi connectivity index (χ1n) is 5.58. The van der Waals surface area contributed by atoms with Crippen molar-refractivity contribution >= 4 is 23.8 Å². The van der Waals surface area contributed by atoms with Crippen LogP contribution in [0.4, 0.5) is 0 Å². The summed E-state index contributed by atoms with van der Waals surface area (Å²) in [5.74, 6) is -2.61. The summed E-state index contributed by atoms with van der Waals surface area (Å²) < 4.78 is 8.61. The third-order valence-corrected chi connectivity index (χ3v) is 1.87. The van der Waals surface area contributed by atoms with Gasteiger partial charge in [0.1, 0.15) is 25.4 Å². The van der Waals surface area contributed by atoms with Crippen LogP contribution in [0.15, 0.2) is 12.5 Å². The van der Waals surface area contributed by atoms with Gasteiger partial charge >= 0.3 is 11.9 Å². The van der Waals surface area contributed by atoms with Crippen LogP contribution in [0.3, 0.4) is 0 Å². The van der Waals surface area contributed by atoms with Crippen molar-refractivity contribution in [3.8, 4) is 0 Å². The van der Waals surface area contributed by atoms with E-state index in [0.717, 1.165) is 6.26 Å². The Morgan fingerprint density at radius 2 is 1.50 bits per heavy atom. The number of amides is 2. The van der Waals surface area contributed by atoms with E-state index in [9.17, 15) is 19.2 Å². The van der Waals surface area contributed by atoms with Crippen molar-refractivity contribution in [1.82, 2.24) is 10.6 Å². The Morgan fingerprint density at radius 1 is 1.00 bits per heavy atom. The molecule has 112 valence electrons. The zero-order valence-corrected chi connectivity index (χ0v) is 10.9. The lowest BCUT2D eigenvalue weighted by molar-refractivity contribution is -0.144. The van der Waals surface area contributed by atoms with Gasteiger partial charge in [0, 0.05) is 13.1 Å². The number of nitrogens with one attached hydrogen (secondary N) is 2. The van der Waals surface area contributed by atoms with Crippen LogP contribution in [-0.4, -0.2) is 49.1 Å². The second kappa shape index (κ2) is 10.4. The van der Waals surface area contributed by atoms with Crippen LogP contribution in [0.1, 0.15) is 12.8 Å². The van der Waals surface area contributed by atoms with Crippen LogP contribution < -0.4 is 10.6 Å². The summed E-state index contributed by atoms with van der Waals surface area (Å²) in [5, 5.41) is 13.0. The number of ether oxygens (including phenoxy) is 2. The largest absolute Gasteiger partial charge is 0.512 e. The topological polar surface area (TPSA) is 131 Å². The summed E-state index contributed by atoms with van der Waals surface area (Å²) in [6, 6.07) is 0. The monoisotopic (exact) mass is 288 g/mol. The van der Waals surface area contributed by atoms with Crippen LogP contribution in [-0.2, 0) is 28.7 Å². The van der Waals surface area contributed by atoms with E-state index in [1.54, 1.807) is 0 Å². The molecule has 0 bridgehead atoms. The van der Waals surface area contributed by atoms with Crippen molar-refractivity contribution in [3.05, 3.63) is 12.5 Å². The molecule has 9 heteroatoms. The molecule has 0 saturated carbocycles. The third-order valence-electron chi connectivity index (χ3n) is 1.87. The van der Waals surface area contributed by atoms with Gasteiger partial charge in [0.15, 0.2) is 0 Å². The van der Waals surface area contributed by atoms with Crippen LogP contribution in [0.2, 0.25) is 0 Å². The predicted molar refractivity (Wildman–Crippen MR) is 65.1 cm³/mol. The van der Waals surface area contributed by atoms with Crippen LogP contribution in [0, 0.1) is 0 Å². The second-order valence-electron chi connectivity index (χ2n) is 3.40. The molecular weight excluding hydrogens is 272 g/mol. The van der Waals surface area contributed by atoms with Gasteiger partial charge in [-0.1, -0.05) is 0 Å². The van der Waals surface area contributed by atoms with Crippen molar-refractivity contribution in [2.75, 3.05) is 20.2 Å². The van der Waals surface area contributed by atoms with Crippen molar-refractivity contribution in [1.29, 1.82) is 0 Å². The molecule has 0 atom stereocenters. The van der Waals surface area contributed by atoms with E-state index in [1.165, 1.54) is 7.11 Å². The number of methoxy groups -OCH3 is 1. The highest BCUT2D eigenvalue weighted by molar-refractivity contribution is 5.95. The van der Waals surface area contributed by atoms with E-state index < -0.39 is 36.6 Å². The van der Waals surface area contributed by atoms with Crippen LogP contribution in [0.5, 0.6) is 0 Å². The van der Waals surface area contributed by atoms with Crippen molar-refractivity contribution in [2.24, 2.45) is 0 Å². The summed E-state index contributed by atoms with van der Waals surface area (Å²) in [6.07, 6.45) is 0.347. The number of rotatable bonds is 8. The Hall–Kier alpha value is -2.58. The van der Waals surface area contributed by atoms with Crippen molar-refractivity contribution in [3.63, 3.8) is 0 Å². The van der Waals surface area contributed by atoms with Crippen molar-refractivity contribution in [2.45, 2.75) is 12.8 Å². The van der Waals surface area contributed by atoms with Gasteiger partial charge in [-0.2, -0.15) is 0 Å². The minimum atomic E-state index is -0.831. The fraction of sp³-hybridized carbons (Fsp3) is 0.455. The molecule has 20 heavy (non-hydrogen) atoms.